The molecule has 2 fully saturated rings. The Morgan fingerprint density at radius 1 is 1.33 bits per heavy atom. The SMILES string of the molecule is CC1(C)CC(N2CCC(CC(=O)O)CC2)CCO1. The zero-order valence-electron chi connectivity index (χ0n) is 11.5. The van der Waals surface area contributed by atoms with E-state index in [1.165, 1.54) is 0 Å². The normalized spacial score (nSPS) is 30.2. The zero-order chi connectivity index (χ0) is 13.2. The second-order valence-electron chi connectivity index (χ2n) is 6.33. The molecule has 0 aliphatic carbocycles. The number of hydrogen-bond donors (Lipinski definition) is 1. The summed E-state index contributed by atoms with van der Waals surface area (Å²) in [5, 5.41) is 8.82. The molecule has 0 aromatic carbocycles. The molecular formula is C14H25NO3. The Hall–Kier alpha value is -0.610. The van der Waals surface area contributed by atoms with Crippen molar-refractivity contribution < 1.29 is 14.6 Å². The molecule has 4 heteroatoms. The fourth-order valence-electron chi connectivity index (χ4n) is 3.28. The summed E-state index contributed by atoms with van der Waals surface area (Å²) in [6, 6.07) is 0.625. The maximum absolute atomic E-state index is 10.7. The van der Waals surface area contributed by atoms with Crippen LogP contribution in [0, 0.1) is 5.92 Å². The standard InChI is InChI=1S/C14H25NO3/c1-14(2)10-12(5-8-18-14)15-6-3-11(4-7-15)9-13(16)17/h11-12H,3-10H2,1-2H3,(H,16,17). The molecule has 1 atom stereocenters. The summed E-state index contributed by atoms with van der Waals surface area (Å²) in [5.74, 6) is -0.271. The van der Waals surface area contributed by atoms with E-state index >= 15 is 0 Å². The van der Waals surface area contributed by atoms with Gasteiger partial charge in [-0.15, -0.1) is 0 Å². The van der Waals surface area contributed by atoms with Crippen LogP contribution in [0.5, 0.6) is 0 Å². The molecule has 2 heterocycles. The highest BCUT2D eigenvalue weighted by atomic mass is 16.5. The van der Waals surface area contributed by atoms with Gasteiger partial charge >= 0.3 is 5.97 Å². The largest absolute Gasteiger partial charge is 0.481 e. The smallest absolute Gasteiger partial charge is 0.303 e. The summed E-state index contributed by atoms with van der Waals surface area (Å²) in [4.78, 5) is 13.2. The molecule has 104 valence electrons. The first-order valence-electron chi connectivity index (χ1n) is 7.06. The van der Waals surface area contributed by atoms with E-state index in [9.17, 15) is 4.79 Å². The number of carboxylic acids is 1. The summed E-state index contributed by atoms with van der Waals surface area (Å²) >= 11 is 0. The predicted molar refractivity (Wildman–Crippen MR) is 69.6 cm³/mol. The summed E-state index contributed by atoms with van der Waals surface area (Å²) in [5.41, 5.74) is 0.000823. The molecule has 2 aliphatic rings. The van der Waals surface area contributed by atoms with Crippen LogP contribution in [0.3, 0.4) is 0 Å². The number of rotatable bonds is 3. The fraction of sp³-hybridized carbons (Fsp3) is 0.929. The van der Waals surface area contributed by atoms with Gasteiger partial charge in [-0.1, -0.05) is 0 Å². The summed E-state index contributed by atoms with van der Waals surface area (Å²) in [6.07, 6.45) is 4.62. The van der Waals surface area contributed by atoms with Crippen molar-refractivity contribution in [3.63, 3.8) is 0 Å². The second kappa shape index (κ2) is 5.57. The minimum atomic E-state index is -0.652. The Bertz CT molecular complexity index is 295. The van der Waals surface area contributed by atoms with Crippen LogP contribution >= 0.6 is 0 Å². The van der Waals surface area contributed by atoms with Gasteiger partial charge in [0.05, 0.1) is 5.60 Å². The van der Waals surface area contributed by atoms with Gasteiger partial charge in [0.2, 0.25) is 0 Å². The number of hydrogen-bond acceptors (Lipinski definition) is 3. The number of piperidine rings is 1. The molecule has 0 bridgehead atoms. The van der Waals surface area contributed by atoms with Crippen LogP contribution in [0.2, 0.25) is 0 Å². The molecule has 2 saturated heterocycles. The molecule has 0 saturated carbocycles. The second-order valence-corrected chi connectivity index (χ2v) is 6.33. The molecule has 0 aromatic rings. The van der Waals surface area contributed by atoms with Gasteiger partial charge in [0, 0.05) is 19.1 Å². The fourth-order valence-corrected chi connectivity index (χ4v) is 3.28. The number of carboxylic acid groups (broad SMARTS) is 1. The molecule has 0 amide bonds. The van der Waals surface area contributed by atoms with Crippen LogP contribution < -0.4 is 0 Å². The lowest BCUT2D eigenvalue weighted by Crippen LogP contribution is -2.48. The lowest BCUT2D eigenvalue weighted by molar-refractivity contribution is -0.138. The van der Waals surface area contributed by atoms with Gasteiger partial charge in [-0.05, 0) is 58.5 Å². The van der Waals surface area contributed by atoms with Crippen molar-refractivity contribution in [1.82, 2.24) is 4.90 Å². The Morgan fingerprint density at radius 3 is 2.56 bits per heavy atom. The summed E-state index contributed by atoms with van der Waals surface area (Å²) in [7, 11) is 0. The van der Waals surface area contributed by atoms with E-state index < -0.39 is 5.97 Å². The Labute approximate surface area is 109 Å². The number of aliphatic carboxylic acids is 1. The lowest BCUT2D eigenvalue weighted by Gasteiger charge is -2.43. The van der Waals surface area contributed by atoms with Gasteiger partial charge in [-0.3, -0.25) is 4.79 Å². The quantitative estimate of drug-likeness (QED) is 0.839. The topological polar surface area (TPSA) is 49.8 Å². The van der Waals surface area contributed by atoms with Crippen LogP contribution in [0.4, 0.5) is 0 Å². The Kier molecular flexibility index (Phi) is 4.28. The van der Waals surface area contributed by atoms with Crippen molar-refractivity contribution in [2.45, 2.75) is 57.6 Å². The third kappa shape index (κ3) is 3.69. The molecule has 0 spiro atoms. The van der Waals surface area contributed by atoms with Crippen LogP contribution in [-0.2, 0) is 9.53 Å². The predicted octanol–water partition coefficient (Wildman–Crippen LogP) is 2.13. The maximum atomic E-state index is 10.7. The minimum absolute atomic E-state index is 0.000823. The number of likely N-dealkylation sites (tertiary alicyclic amines) is 1. The molecule has 18 heavy (non-hydrogen) atoms. The highest BCUT2D eigenvalue weighted by molar-refractivity contribution is 5.67. The van der Waals surface area contributed by atoms with E-state index in [4.69, 9.17) is 9.84 Å². The number of carbonyl (C=O) groups is 1. The highest BCUT2D eigenvalue weighted by Gasteiger charge is 2.34. The molecule has 0 radical (unpaired) electrons. The van der Waals surface area contributed by atoms with Crippen molar-refractivity contribution in [2.75, 3.05) is 19.7 Å². The van der Waals surface area contributed by atoms with Gasteiger partial charge in [-0.25, -0.2) is 0 Å². The van der Waals surface area contributed by atoms with E-state index in [0.717, 1.165) is 45.4 Å². The molecule has 0 aromatic heterocycles. The third-order valence-electron chi connectivity index (χ3n) is 4.30. The number of nitrogens with zero attached hydrogens (tertiary/aromatic N) is 1. The van der Waals surface area contributed by atoms with Crippen molar-refractivity contribution in [2.24, 2.45) is 5.92 Å². The Morgan fingerprint density at radius 2 is 2.00 bits per heavy atom. The van der Waals surface area contributed by atoms with Crippen molar-refractivity contribution in [3.05, 3.63) is 0 Å². The van der Waals surface area contributed by atoms with Crippen molar-refractivity contribution >= 4 is 5.97 Å². The number of ether oxygens (including phenoxy) is 1. The molecule has 2 aliphatic heterocycles. The molecule has 1 N–H and O–H groups in total. The van der Waals surface area contributed by atoms with E-state index in [1.807, 2.05) is 0 Å². The molecule has 2 rings (SSSR count). The van der Waals surface area contributed by atoms with Crippen molar-refractivity contribution in [1.29, 1.82) is 0 Å². The average molecular weight is 255 g/mol. The first-order chi connectivity index (χ1) is 8.46. The van der Waals surface area contributed by atoms with E-state index in [1.54, 1.807) is 0 Å². The lowest BCUT2D eigenvalue weighted by atomic mass is 9.88. The first-order valence-corrected chi connectivity index (χ1v) is 7.06. The van der Waals surface area contributed by atoms with Crippen LogP contribution in [0.25, 0.3) is 0 Å². The van der Waals surface area contributed by atoms with Gasteiger partial charge < -0.3 is 14.7 Å². The zero-order valence-corrected chi connectivity index (χ0v) is 11.5. The van der Waals surface area contributed by atoms with Crippen LogP contribution in [0.1, 0.15) is 46.0 Å². The van der Waals surface area contributed by atoms with Gasteiger partial charge in [0.15, 0.2) is 0 Å². The van der Waals surface area contributed by atoms with Crippen molar-refractivity contribution in [3.8, 4) is 0 Å². The maximum Gasteiger partial charge on any atom is 0.303 e. The molecular weight excluding hydrogens is 230 g/mol. The van der Waals surface area contributed by atoms with Gasteiger partial charge in [-0.2, -0.15) is 0 Å². The highest BCUT2D eigenvalue weighted by Crippen LogP contribution is 2.30. The van der Waals surface area contributed by atoms with E-state index in [2.05, 4.69) is 18.7 Å². The molecule has 4 nitrogen and oxygen atoms in total. The van der Waals surface area contributed by atoms with E-state index in [0.29, 0.717) is 18.4 Å². The van der Waals surface area contributed by atoms with E-state index in [-0.39, 0.29) is 5.60 Å². The first kappa shape index (κ1) is 13.8. The van der Waals surface area contributed by atoms with Crippen LogP contribution in [0.15, 0.2) is 0 Å². The minimum Gasteiger partial charge on any atom is -0.481 e. The Balaban J connectivity index is 1.80. The summed E-state index contributed by atoms with van der Waals surface area (Å²) < 4.78 is 5.76. The molecule has 1 unspecified atom stereocenters. The third-order valence-corrected chi connectivity index (χ3v) is 4.30. The van der Waals surface area contributed by atoms with Gasteiger partial charge in [0.1, 0.15) is 0 Å². The summed E-state index contributed by atoms with van der Waals surface area (Å²) in [6.45, 7) is 7.29. The van der Waals surface area contributed by atoms with Gasteiger partial charge in [0.25, 0.3) is 0 Å². The van der Waals surface area contributed by atoms with Crippen LogP contribution in [-0.4, -0.2) is 47.3 Å². The average Bonchev–Trinajstić information content (AvgIpc) is 2.28. The monoisotopic (exact) mass is 255 g/mol.